The van der Waals surface area contributed by atoms with Gasteiger partial charge in [0.25, 0.3) is 0 Å². The van der Waals surface area contributed by atoms with Crippen LogP contribution in [-0.2, 0) is 20.8 Å². The van der Waals surface area contributed by atoms with E-state index in [1.165, 1.54) is 11.3 Å². The topological polar surface area (TPSA) is 112 Å². The van der Waals surface area contributed by atoms with Crippen LogP contribution in [0.15, 0.2) is 35.8 Å². The third-order valence-electron chi connectivity index (χ3n) is 7.02. The predicted molar refractivity (Wildman–Crippen MR) is 132 cm³/mol. The van der Waals surface area contributed by atoms with Crippen LogP contribution >= 0.6 is 11.3 Å². The number of rotatable bonds is 8. The first kappa shape index (κ1) is 25.8. The van der Waals surface area contributed by atoms with E-state index in [0.29, 0.717) is 16.6 Å². The summed E-state index contributed by atoms with van der Waals surface area (Å²) in [5.41, 5.74) is 0.401. The Labute approximate surface area is 204 Å². The fraction of sp³-hybridized carbons (Fsp3) is 0.520. The summed E-state index contributed by atoms with van der Waals surface area (Å²) in [5.74, 6) is -1.01. The highest BCUT2D eigenvalue weighted by molar-refractivity contribution is 7.13. The number of nitrogens with one attached hydrogen (secondary N) is 2. The quantitative estimate of drug-likeness (QED) is 0.297. The highest BCUT2D eigenvalue weighted by atomic mass is 32.1. The Kier molecular flexibility index (Phi) is 7.77. The first-order valence-corrected chi connectivity index (χ1v) is 12.4. The number of carbonyl (C=O) groups is 3. The smallest absolute Gasteiger partial charge is 0.249 e. The van der Waals surface area contributed by atoms with Crippen molar-refractivity contribution in [3.63, 3.8) is 0 Å². The minimum absolute atomic E-state index is 0.246. The number of carbonyl (C=O) groups excluding carboxylic acids is 3. The first-order valence-electron chi connectivity index (χ1n) is 11.5. The molecule has 8 nitrogen and oxygen atoms in total. The van der Waals surface area contributed by atoms with E-state index in [1.807, 2.05) is 39.0 Å². The first-order chi connectivity index (χ1) is 16.0. The molecule has 0 saturated heterocycles. The predicted octanol–water partition coefficient (Wildman–Crippen LogP) is 3.98. The van der Waals surface area contributed by atoms with Crippen molar-refractivity contribution >= 4 is 34.7 Å². The molecule has 9 heteroatoms. The molecule has 3 N–H and O–H groups in total. The highest BCUT2D eigenvalue weighted by Crippen LogP contribution is 2.47. The van der Waals surface area contributed by atoms with E-state index < -0.39 is 28.8 Å². The maximum atomic E-state index is 14.0. The summed E-state index contributed by atoms with van der Waals surface area (Å²) in [5, 5.41) is 18.9. The lowest BCUT2D eigenvalue weighted by Gasteiger charge is -2.46. The molecule has 1 aliphatic rings. The van der Waals surface area contributed by atoms with Crippen LogP contribution in [0.25, 0.3) is 0 Å². The summed E-state index contributed by atoms with van der Waals surface area (Å²) in [6, 6.07) is 6.29. The number of nitrogens with zero attached hydrogens (tertiary/aromatic N) is 2. The minimum Gasteiger partial charge on any atom is -0.343 e. The van der Waals surface area contributed by atoms with E-state index in [-0.39, 0.29) is 11.8 Å². The lowest BCUT2D eigenvalue weighted by Crippen LogP contribution is -2.60. The Morgan fingerprint density at radius 3 is 2.59 bits per heavy atom. The molecule has 0 saturated carbocycles. The van der Waals surface area contributed by atoms with Gasteiger partial charge in [-0.3, -0.25) is 19.6 Å². The van der Waals surface area contributed by atoms with Crippen LogP contribution in [0.3, 0.4) is 0 Å². The monoisotopic (exact) mass is 486 g/mol. The largest absolute Gasteiger partial charge is 0.343 e. The van der Waals surface area contributed by atoms with Gasteiger partial charge < -0.3 is 10.6 Å². The van der Waals surface area contributed by atoms with Crippen LogP contribution in [0.5, 0.6) is 0 Å². The van der Waals surface area contributed by atoms with Gasteiger partial charge in [-0.2, -0.15) is 0 Å². The number of hydrogen-bond acceptors (Lipinski definition) is 6. The summed E-state index contributed by atoms with van der Waals surface area (Å²) < 4.78 is 0. The summed E-state index contributed by atoms with van der Waals surface area (Å²) in [4.78, 5) is 42.8. The zero-order valence-corrected chi connectivity index (χ0v) is 21.2. The Morgan fingerprint density at radius 1 is 1.26 bits per heavy atom. The number of aromatic nitrogens is 1. The fourth-order valence-corrected chi connectivity index (χ4v) is 5.34. The molecule has 4 atom stereocenters. The molecule has 1 aromatic heterocycles. The van der Waals surface area contributed by atoms with Gasteiger partial charge in [-0.25, -0.2) is 10.0 Å². The van der Waals surface area contributed by atoms with Crippen LogP contribution in [-0.4, -0.2) is 45.6 Å². The molecule has 0 aliphatic heterocycles. The van der Waals surface area contributed by atoms with Gasteiger partial charge in [-0.15, -0.1) is 11.3 Å². The van der Waals surface area contributed by atoms with Gasteiger partial charge in [-0.05, 0) is 49.7 Å². The normalized spacial score (nSPS) is 19.2. The zero-order chi connectivity index (χ0) is 25.1. The number of anilines is 1. The molecule has 1 heterocycles. The maximum Gasteiger partial charge on any atom is 0.249 e. The van der Waals surface area contributed by atoms with E-state index in [4.69, 9.17) is 0 Å². The third kappa shape index (κ3) is 5.15. The molecule has 184 valence electrons. The van der Waals surface area contributed by atoms with Crippen molar-refractivity contribution in [3.05, 3.63) is 47.0 Å². The van der Waals surface area contributed by atoms with E-state index in [1.54, 1.807) is 25.4 Å². The lowest BCUT2D eigenvalue weighted by atomic mass is 9.63. The van der Waals surface area contributed by atoms with Gasteiger partial charge in [0.2, 0.25) is 18.2 Å². The SMILES string of the molecule is C[C@H](N(O)C=O)[C@](C)(C(=O)N[C@H](C(=O)Nc1nccs1)C(C)(C)C)C1CCCc2ccccc21. The lowest BCUT2D eigenvalue weighted by molar-refractivity contribution is -0.176. The molecule has 0 radical (unpaired) electrons. The molecule has 2 aromatic rings. The second-order valence-corrected chi connectivity index (χ2v) is 11.1. The second-order valence-electron chi connectivity index (χ2n) is 10.2. The van der Waals surface area contributed by atoms with Crippen LogP contribution in [0, 0.1) is 10.8 Å². The standard InChI is InChI=1S/C25H34N4O4S/c1-16(29(33)15-30)25(5,19-12-8-10-17-9-6-7-11-18(17)19)22(32)27-20(24(2,3)4)21(31)28-23-26-13-14-34-23/h6-7,9,11,13-16,19-20,33H,8,10,12H2,1-5H3,(H,27,32)(H,26,28,31)/t16-,19?,20+,25-/m0/s1. The number of amides is 3. The van der Waals surface area contributed by atoms with Crippen molar-refractivity contribution in [1.82, 2.24) is 15.4 Å². The van der Waals surface area contributed by atoms with Gasteiger partial charge in [0.05, 0.1) is 11.5 Å². The molecular formula is C25H34N4O4S. The molecule has 0 spiro atoms. The van der Waals surface area contributed by atoms with Crippen molar-refractivity contribution in [2.75, 3.05) is 5.32 Å². The third-order valence-corrected chi connectivity index (χ3v) is 7.71. The van der Waals surface area contributed by atoms with Crippen molar-refractivity contribution < 1.29 is 19.6 Å². The minimum atomic E-state index is -1.20. The van der Waals surface area contributed by atoms with E-state index >= 15 is 0 Å². The van der Waals surface area contributed by atoms with E-state index in [9.17, 15) is 19.6 Å². The van der Waals surface area contributed by atoms with Crippen molar-refractivity contribution in [2.45, 2.75) is 71.9 Å². The number of hydrogen-bond donors (Lipinski definition) is 3. The Morgan fingerprint density at radius 2 is 1.97 bits per heavy atom. The average Bonchev–Trinajstić information content (AvgIpc) is 3.32. The van der Waals surface area contributed by atoms with Crippen LogP contribution in [0.4, 0.5) is 5.13 Å². The van der Waals surface area contributed by atoms with Crippen molar-refractivity contribution in [3.8, 4) is 0 Å². The summed E-state index contributed by atoms with van der Waals surface area (Å²) in [7, 11) is 0. The van der Waals surface area contributed by atoms with Gasteiger partial charge in [0, 0.05) is 17.5 Å². The van der Waals surface area contributed by atoms with Gasteiger partial charge >= 0.3 is 0 Å². The summed E-state index contributed by atoms with van der Waals surface area (Å²) in [6.07, 6.45) is 4.44. The van der Waals surface area contributed by atoms with Gasteiger partial charge in [0.1, 0.15) is 6.04 Å². The summed E-state index contributed by atoms with van der Waals surface area (Å²) in [6.45, 7) is 9.05. The van der Waals surface area contributed by atoms with Crippen LogP contribution < -0.4 is 10.6 Å². The molecule has 0 bridgehead atoms. The molecular weight excluding hydrogens is 452 g/mol. The maximum absolute atomic E-state index is 14.0. The number of aryl methyl sites for hydroxylation is 1. The zero-order valence-electron chi connectivity index (χ0n) is 20.4. The molecule has 1 aromatic carbocycles. The van der Waals surface area contributed by atoms with E-state index in [0.717, 1.165) is 30.4 Å². The number of thiazole rings is 1. The van der Waals surface area contributed by atoms with E-state index in [2.05, 4.69) is 21.7 Å². The molecule has 1 aliphatic carbocycles. The molecule has 3 rings (SSSR count). The fourth-order valence-electron chi connectivity index (χ4n) is 4.81. The molecule has 1 unspecified atom stereocenters. The van der Waals surface area contributed by atoms with Crippen LogP contribution in [0.1, 0.15) is 64.5 Å². The van der Waals surface area contributed by atoms with Crippen molar-refractivity contribution in [2.24, 2.45) is 10.8 Å². The average molecular weight is 487 g/mol. The number of fused-ring (bicyclic) bond motifs is 1. The number of hydroxylamine groups is 2. The Hall–Kier alpha value is -2.78. The second kappa shape index (κ2) is 10.2. The van der Waals surface area contributed by atoms with Crippen LogP contribution in [0.2, 0.25) is 0 Å². The molecule has 34 heavy (non-hydrogen) atoms. The van der Waals surface area contributed by atoms with Gasteiger partial charge in [0.15, 0.2) is 5.13 Å². The molecule has 0 fully saturated rings. The number of benzene rings is 1. The molecule has 3 amide bonds. The van der Waals surface area contributed by atoms with Crippen molar-refractivity contribution in [1.29, 1.82) is 0 Å². The Bertz CT molecular complexity index is 1020. The van der Waals surface area contributed by atoms with Gasteiger partial charge in [-0.1, -0.05) is 45.0 Å². The summed E-state index contributed by atoms with van der Waals surface area (Å²) >= 11 is 1.30. The Balaban J connectivity index is 1.99. The highest BCUT2D eigenvalue weighted by Gasteiger charge is 2.51.